The summed E-state index contributed by atoms with van der Waals surface area (Å²) in [6.45, 7) is 5.35. The lowest BCUT2D eigenvalue weighted by Crippen LogP contribution is -2.22. The zero-order chi connectivity index (χ0) is 13.1. The van der Waals surface area contributed by atoms with Crippen molar-refractivity contribution in [3.8, 4) is 11.8 Å². The van der Waals surface area contributed by atoms with Gasteiger partial charge < -0.3 is 10.5 Å². The molecular weight excluding hydrogens is 238 g/mol. The van der Waals surface area contributed by atoms with Crippen molar-refractivity contribution in [1.82, 2.24) is 0 Å². The van der Waals surface area contributed by atoms with Gasteiger partial charge in [-0.2, -0.15) is 0 Å². The number of ether oxygens (including phenoxy) is 1. The molecule has 0 aliphatic rings. The Kier molecular flexibility index (Phi) is 4.03. The maximum atomic E-state index is 11.3. The molecule has 0 saturated heterocycles. The summed E-state index contributed by atoms with van der Waals surface area (Å²) in [6, 6.07) is 4.94. The molecule has 0 saturated carbocycles. The molecule has 2 N–H and O–H groups in total. The van der Waals surface area contributed by atoms with Crippen LogP contribution in [0, 0.1) is 11.8 Å². The number of carbonyl (C=O) groups is 1. The van der Waals surface area contributed by atoms with Crippen LogP contribution in [0.25, 0.3) is 0 Å². The molecule has 1 aromatic carbocycles. The highest BCUT2D eigenvalue weighted by molar-refractivity contribution is 6.33. The van der Waals surface area contributed by atoms with E-state index in [9.17, 15) is 4.79 Å². The van der Waals surface area contributed by atoms with Gasteiger partial charge in [0.1, 0.15) is 5.60 Å². The number of halogens is 1. The molecule has 0 aliphatic carbocycles. The zero-order valence-corrected chi connectivity index (χ0v) is 10.8. The molecule has 0 radical (unpaired) electrons. The van der Waals surface area contributed by atoms with Crippen LogP contribution in [0.4, 0.5) is 5.69 Å². The number of hydrogen-bond donors (Lipinski definition) is 1. The van der Waals surface area contributed by atoms with Crippen molar-refractivity contribution in [2.45, 2.75) is 26.4 Å². The number of nitrogen functional groups attached to an aromatic ring is 1. The van der Waals surface area contributed by atoms with Gasteiger partial charge in [0.05, 0.1) is 10.7 Å². The van der Waals surface area contributed by atoms with Crippen molar-refractivity contribution >= 4 is 23.3 Å². The standard InChI is InChI=1S/C13H14ClNO2/c1-13(2,3)17-12(16)7-5-9-4-6-11(15)10(14)8-9/h4,6,8H,15H2,1-3H3. The summed E-state index contributed by atoms with van der Waals surface area (Å²) in [5.41, 5.74) is 6.12. The predicted molar refractivity (Wildman–Crippen MR) is 68.6 cm³/mol. The third-order valence-electron chi connectivity index (χ3n) is 1.71. The van der Waals surface area contributed by atoms with E-state index in [1.165, 1.54) is 0 Å². The van der Waals surface area contributed by atoms with Crippen LogP contribution in [0.3, 0.4) is 0 Å². The molecule has 0 atom stereocenters. The second-order valence-corrected chi connectivity index (χ2v) is 4.90. The van der Waals surface area contributed by atoms with E-state index in [2.05, 4.69) is 11.8 Å². The number of anilines is 1. The van der Waals surface area contributed by atoms with Gasteiger partial charge in [0, 0.05) is 11.5 Å². The van der Waals surface area contributed by atoms with Gasteiger partial charge in [-0.05, 0) is 39.0 Å². The van der Waals surface area contributed by atoms with Gasteiger partial charge in [-0.1, -0.05) is 17.5 Å². The first-order chi connectivity index (χ1) is 7.78. The quantitative estimate of drug-likeness (QED) is 0.438. The molecule has 17 heavy (non-hydrogen) atoms. The smallest absolute Gasteiger partial charge is 0.385 e. The molecule has 0 heterocycles. The Balaban J connectivity index is 2.78. The van der Waals surface area contributed by atoms with Gasteiger partial charge in [0.2, 0.25) is 0 Å². The first-order valence-corrected chi connectivity index (χ1v) is 5.46. The number of benzene rings is 1. The van der Waals surface area contributed by atoms with Crippen LogP contribution in [0.2, 0.25) is 5.02 Å². The minimum atomic E-state index is -0.564. The van der Waals surface area contributed by atoms with Gasteiger partial charge in [0.15, 0.2) is 0 Å². The van der Waals surface area contributed by atoms with E-state index >= 15 is 0 Å². The van der Waals surface area contributed by atoms with Crippen molar-refractivity contribution in [3.63, 3.8) is 0 Å². The number of carbonyl (C=O) groups excluding carboxylic acids is 1. The molecule has 0 bridgehead atoms. The maximum absolute atomic E-state index is 11.3. The monoisotopic (exact) mass is 251 g/mol. The average Bonchev–Trinajstić information content (AvgIpc) is 2.17. The minimum absolute atomic E-state index is 0.418. The fraction of sp³-hybridized carbons (Fsp3) is 0.308. The summed E-state index contributed by atoms with van der Waals surface area (Å²) in [6.07, 6.45) is 0. The highest BCUT2D eigenvalue weighted by Gasteiger charge is 2.14. The van der Waals surface area contributed by atoms with Crippen LogP contribution in [0.15, 0.2) is 18.2 Å². The Morgan fingerprint density at radius 3 is 2.59 bits per heavy atom. The van der Waals surface area contributed by atoms with Crippen molar-refractivity contribution in [2.75, 3.05) is 5.73 Å². The second kappa shape index (κ2) is 5.11. The van der Waals surface area contributed by atoms with Crippen molar-refractivity contribution in [3.05, 3.63) is 28.8 Å². The molecule has 0 amide bonds. The lowest BCUT2D eigenvalue weighted by Gasteiger charge is -2.16. The van der Waals surface area contributed by atoms with E-state index in [1.54, 1.807) is 39.0 Å². The van der Waals surface area contributed by atoms with E-state index in [0.717, 1.165) is 0 Å². The molecule has 4 heteroatoms. The molecule has 90 valence electrons. The van der Waals surface area contributed by atoms with Crippen molar-refractivity contribution in [1.29, 1.82) is 0 Å². The summed E-state index contributed by atoms with van der Waals surface area (Å²) in [5, 5.41) is 0.418. The Hall–Kier alpha value is -1.66. The molecule has 1 rings (SSSR count). The van der Waals surface area contributed by atoms with Crippen LogP contribution in [0.1, 0.15) is 26.3 Å². The third-order valence-corrected chi connectivity index (χ3v) is 2.04. The third kappa shape index (κ3) is 4.80. The number of esters is 1. The zero-order valence-electron chi connectivity index (χ0n) is 10.0. The Morgan fingerprint density at radius 1 is 1.41 bits per heavy atom. The largest absolute Gasteiger partial charge is 0.450 e. The molecular formula is C13H14ClNO2. The van der Waals surface area contributed by atoms with E-state index in [-0.39, 0.29) is 0 Å². The fourth-order valence-electron chi connectivity index (χ4n) is 1.03. The summed E-state index contributed by atoms with van der Waals surface area (Å²) < 4.78 is 5.04. The molecule has 1 aromatic rings. The van der Waals surface area contributed by atoms with E-state index in [4.69, 9.17) is 22.1 Å². The number of rotatable bonds is 0. The van der Waals surface area contributed by atoms with E-state index in [1.807, 2.05) is 0 Å². The lowest BCUT2D eigenvalue weighted by atomic mass is 10.2. The summed E-state index contributed by atoms with van der Waals surface area (Å²) in [4.78, 5) is 11.3. The van der Waals surface area contributed by atoms with Gasteiger partial charge in [0.25, 0.3) is 0 Å². The average molecular weight is 252 g/mol. The van der Waals surface area contributed by atoms with Crippen LogP contribution < -0.4 is 5.73 Å². The van der Waals surface area contributed by atoms with Gasteiger partial charge in [-0.15, -0.1) is 0 Å². The molecule has 0 spiro atoms. The summed E-state index contributed by atoms with van der Waals surface area (Å²) >= 11 is 5.83. The number of hydrogen-bond acceptors (Lipinski definition) is 3. The van der Waals surface area contributed by atoms with Crippen LogP contribution >= 0.6 is 11.6 Å². The van der Waals surface area contributed by atoms with Crippen LogP contribution in [-0.2, 0) is 9.53 Å². The molecule has 0 aliphatic heterocycles. The van der Waals surface area contributed by atoms with Gasteiger partial charge >= 0.3 is 5.97 Å². The lowest BCUT2D eigenvalue weighted by molar-refractivity contribution is -0.147. The summed E-state index contributed by atoms with van der Waals surface area (Å²) in [5.74, 6) is 4.50. The fourth-order valence-corrected chi connectivity index (χ4v) is 1.21. The highest BCUT2D eigenvalue weighted by atomic mass is 35.5. The van der Waals surface area contributed by atoms with Gasteiger partial charge in [-0.3, -0.25) is 0 Å². The van der Waals surface area contributed by atoms with Crippen LogP contribution in [0.5, 0.6) is 0 Å². The topological polar surface area (TPSA) is 52.3 Å². The Morgan fingerprint density at radius 2 is 2.06 bits per heavy atom. The van der Waals surface area contributed by atoms with Crippen LogP contribution in [-0.4, -0.2) is 11.6 Å². The number of nitrogens with two attached hydrogens (primary N) is 1. The van der Waals surface area contributed by atoms with E-state index in [0.29, 0.717) is 16.3 Å². The van der Waals surface area contributed by atoms with Crippen molar-refractivity contribution in [2.24, 2.45) is 0 Å². The molecule has 0 aromatic heterocycles. The van der Waals surface area contributed by atoms with Gasteiger partial charge in [-0.25, -0.2) is 4.79 Å². The molecule has 0 unspecified atom stereocenters. The highest BCUT2D eigenvalue weighted by Crippen LogP contribution is 2.18. The molecule has 0 fully saturated rings. The Labute approximate surface area is 106 Å². The van der Waals surface area contributed by atoms with E-state index < -0.39 is 11.6 Å². The second-order valence-electron chi connectivity index (χ2n) is 4.49. The first-order valence-electron chi connectivity index (χ1n) is 5.08. The summed E-state index contributed by atoms with van der Waals surface area (Å²) in [7, 11) is 0. The molecule has 3 nitrogen and oxygen atoms in total. The van der Waals surface area contributed by atoms with Crippen molar-refractivity contribution < 1.29 is 9.53 Å². The SMILES string of the molecule is CC(C)(C)OC(=O)C#Cc1ccc(N)c(Cl)c1. The normalized spacial score (nSPS) is 10.4. The first kappa shape index (κ1) is 13.4. The Bertz CT molecular complexity index is 492. The minimum Gasteiger partial charge on any atom is -0.450 e. The predicted octanol–water partition coefficient (Wildman–Crippen LogP) is 2.62. The maximum Gasteiger partial charge on any atom is 0.385 e.